The van der Waals surface area contributed by atoms with Crippen molar-refractivity contribution in [2.75, 3.05) is 31.6 Å². The van der Waals surface area contributed by atoms with E-state index in [-0.39, 0.29) is 0 Å². The molecule has 0 heterocycles. The lowest BCUT2D eigenvalue weighted by Crippen LogP contribution is -2.22. The number of anilines is 1. The van der Waals surface area contributed by atoms with Crippen molar-refractivity contribution in [2.24, 2.45) is 0 Å². The Kier molecular flexibility index (Phi) is 10.6. The highest BCUT2D eigenvalue weighted by atomic mass is 16.5. The van der Waals surface area contributed by atoms with E-state index in [1.807, 2.05) is 12.1 Å². The summed E-state index contributed by atoms with van der Waals surface area (Å²) in [4.78, 5) is 0. The van der Waals surface area contributed by atoms with E-state index in [1.165, 1.54) is 32.1 Å². The lowest BCUT2D eigenvalue weighted by molar-refractivity contribution is 0.304. The maximum absolute atomic E-state index is 5.76. The molecular weight excluding hydrogens is 260 g/mol. The summed E-state index contributed by atoms with van der Waals surface area (Å²) in [6.07, 6.45) is 7.58. The van der Waals surface area contributed by atoms with E-state index in [2.05, 4.69) is 36.6 Å². The van der Waals surface area contributed by atoms with E-state index in [0.29, 0.717) is 0 Å². The van der Waals surface area contributed by atoms with E-state index < -0.39 is 0 Å². The predicted octanol–water partition coefficient (Wildman–Crippen LogP) is 4.45. The summed E-state index contributed by atoms with van der Waals surface area (Å²) in [5.41, 5.74) is 1.16. The van der Waals surface area contributed by atoms with Gasteiger partial charge in [0.15, 0.2) is 0 Å². The smallest absolute Gasteiger partial charge is 0.119 e. The number of unbranched alkanes of at least 4 members (excludes halogenated alkanes) is 4. The molecule has 0 saturated heterocycles. The van der Waals surface area contributed by atoms with Crippen LogP contribution in [0.25, 0.3) is 0 Å². The van der Waals surface area contributed by atoms with Crippen LogP contribution in [0, 0.1) is 0 Å². The van der Waals surface area contributed by atoms with Gasteiger partial charge in [-0.2, -0.15) is 0 Å². The topological polar surface area (TPSA) is 33.3 Å². The summed E-state index contributed by atoms with van der Waals surface area (Å²) in [5.74, 6) is 0.972. The van der Waals surface area contributed by atoms with Gasteiger partial charge in [0.1, 0.15) is 5.75 Å². The van der Waals surface area contributed by atoms with Gasteiger partial charge in [0.2, 0.25) is 0 Å². The predicted molar refractivity (Wildman–Crippen MR) is 92.3 cm³/mol. The Morgan fingerprint density at radius 3 is 2.29 bits per heavy atom. The highest BCUT2D eigenvalue weighted by Crippen LogP contribution is 2.16. The normalized spacial score (nSPS) is 10.6. The molecule has 21 heavy (non-hydrogen) atoms. The summed E-state index contributed by atoms with van der Waals surface area (Å²) < 4.78 is 5.76. The molecule has 0 aliphatic carbocycles. The van der Waals surface area contributed by atoms with Gasteiger partial charge in [-0.1, -0.05) is 39.5 Å². The van der Waals surface area contributed by atoms with Crippen molar-refractivity contribution >= 4 is 5.69 Å². The lowest BCUT2D eigenvalue weighted by atomic mass is 10.2. The first-order valence-corrected chi connectivity index (χ1v) is 8.54. The number of ether oxygens (including phenoxy) is 1. The average Bonchev–Trinajstić information content (AvgIpc) is 2.52. The monoisotopic (exact) mass is 292 g/mol. The number of hydrogen-bond donors (Lipinski definition) is 2. The first-order valence-electron chi connectivity index (χ1n) is 8.54. The van der Waals surface area contributed by atoms with Crippen molar-refractivity contribution in [3.8, 4) is 5.75 Å². The Bertz CT molecular complexity index is 338. The highest BCUT2D eigenvalue weighted by molar-refractivity contribution is 5.46. The average molecular weight is 292 g/mol. The molecule has 0 spiro atoms. The first kappa shape index (κ1) is 17.8. The molecule has 120 valence electrons. The summed E-state index contributed by atoms with van der Waals surface area (Å²) >= 11 is 0. The van der Waals surface area contributed by atoms with Gasteiger partial charge >= 0.3 is 0 Å². The van der Waals surface area contributed by atoms with Gasteiger partial charge in [-0.15, -0.1) is 0 Å². The van der Waals surface area contributed by atoms with Gasteiger partial charge in [-0.3, -0.25) is 0 Å². The van der Waals surface area contributed by atoms with E-state index in [0.717, 1.165) is 44.1 Å². The molecule has 0 atom stereocenters. The van der Waals surface area contributed by atoms with Crippen LogP contribution >= 0.6 is 0 Å². The Balaban J connectivity index is 2.09. The van der Waals surface area contributed by atoms with Gasteiger partial charge in [-0.05, 0) is 43.7 Å². The molecule has 0 amide bonds. The summed E-state index contributed by atoms with van der Waals surface area (Å²) in [5, 5.41) is 6.78. The molecule has 0 saturated carbocycles. The maximum Gasteiger partial charge on any atom is 0.119 e. The van der Waals surface area contributed by atoms with E-state index >= 15 is 0 Å². The van der Waals surface area contributed by atoms with Crippen LogP contribution in [0.1, 0.15) is 52.4 Å². The van der Waals surface area contributed by atoms with Gasteiger partial charge < -0.3 is 15.4 Å². The van der Waals surface area contributed by atoms with Gasteiger partial charge in [-0.25, -0.2) is 0 Å². The fourth-order valence-corrected chi connectivity index (χ4v) is 2.16. The largest absolute Gasteiger partial charge is 0.494 e. The zero-order valence-corrected chi connectivity index (χ0v) is 13.8. The molecule has 0 aliphatic rings. The quantitative estimate of drug-likeness (QED) is 0.527. The molecule has 0 aliphatic heterocycles. The van der Waals surface area contributed by atoms with Crippen LogP contribution in [0.5, 0.6) is 5.75 Å². The van der Waals surface area contributed by atoms with Crippen LogP contribution < -0.4 is 15.4 Å². The summed E-state index contributed by atoms with van der Waals surface area (Å²) in [6.45, 7) is 8.31. The van der Waals surface area contributed by atoms with Crippen molar-refractivity contribution in [1.82, 2.24) is 5.32 Å². The van der Waals surface area contributed by atoms with Crippen molar-refractivity contribution in [3.63, 3.8) is 0 Å². The van der Waals surface area contributed by atoms with Crippen LogP contribution in [0.2, 0.25) is 0 Å². The summed E-state index contributed by atoms with van der Waals surface area (Å²) in [6, 6.07) is 8.28. The van der Waals surface area contributed by atoms with Gasteiger partial charge in [0.25, 0.3) is 0 Å². The van der Waals surface area contributed by atoms with Crippen LogP contribution in [0.15, 0.2) is 24.3 Å². The second kappa shape index (κ2) is 12.5. The molecule has 0 fully saturated rings. The van der Waals surface area contributed by atoms with E-state index in [4.69, 9.17) is 4.74 Å². The van der Waals surface area contributed by atoms with Crippen LogP contribution in [-0.2, 0) is 0 Å². The van der Waals surface area contributed by atoms with Crippen molar-refractivity contribution < 1.29 is 4.74 Å². The zero-order chi connectivity index (χ0) is 15.2. The standard InChI is InChI=1S/C18H32N2O/c1-3-5-6-7-8-16-21-18-11-9-17(10-12-18)20-15-14-19-13-4-2/h9-12,19-20H,3-8,13-16H2,1-2H3. The molecule has 0 radical (unpaired) electrons. The summed E-state index contributed by atoms with van der Waals surface area (Å²) in [7, 11) is 0. The van der Waals surface area contributed by atoms with Gasteiger partial charge in [0, 0.05) is 18.8 Å². The second-order valence-corrected chi connectivity index (χ2v) is 5.46. The molecule has 3 nitrogen and oxygen atoms in total. The third-order valence-corrected chi connectivity index (χ3v) is 3.43. The number of rotatable bonds is 13. The molecule has 0 unspecified atom stereocenters. The van der Waals surface area contributed by atoms with Crippen LogP contribution in [-0.4, -0.2) is 26.2 Å². The van der Waals surface area contributed by atoms with E-state index in [9.17, 15) is 0 Å². The van der Waals surface area contributed by atoms with Crippen molar-refractivity contribution in [3.05, 3.63) is 24.3 Å². The lowest BCUT2D eigenvalue weighted by Gasteiger charge is -2.09. The first-order chi connectivity index (χ1) is 10.4. The fraction of sp³-hybridized carbons (Fsp3) is 0.667. The SMILES string of the molecule is CCCCCCCOc1ccc(NCCNCCC)cc1. The number of benzene rings is 1. The Morgan fingerprint density at radius 1 is 0.810 bits per heavy atom. The van der Waals surface area contributed by atoms with Crippen LogP contribution in [0.4, 0.5) is 5.69 Å². The molecule has 1 aromatic carbocycles. The number of nitrogens with one attached hydrogen (secondary N) is 2. The molecule has 0 bridgehead atoms. The minimum absolute atomic E-state index is 0.831. The fourth-order valence-electron chi connectivity index (χ4n) is 2.16. The third kappa shape index (κ3) is 9.35. The Morgan fingerprint density at radius 2 is 1.57 bits per heavy atom. The maximum atomic E-state index is 5.76. The second-order valence-electron chi connectivity index (χ2n) is 5.46. The van der Waals surface area contributed by atoms with E-state index in [1.54, 1.807) is 0 Å². The minimum Gasteiger partial charge on any atom is -0.494 e. The molecule has 1 aromatic rings. The highest BCUT2D eigenvalue weighted by Gasteiger charge is 1.96. The molecule has 0 aromatic heterocycles. The molecule has 1 rings (SSSR count). The Labute approximate surface area is 130 Å². The Hall–Kier alpha value is -1.22. The number of hydrogen-bond acceptors (Lipinski definition) is 3. The van der Waals surface area contributed by atoms with Crippen molar-refractivity contribution in [1.29, 1.82) is 0 Å². The minimum atomic E-state index is 0.831. The molecular formula is C18H32N2O. The molecule has 3 heteroatoms. The third-order valence-electron chi connectivity index (χ3n) is 3.43. The van der Waals surface area contributed by atoms with Gasteiger partial charge in [0.05, 0.1) is 6.61 Å². The van der Waals surface area contributed by atoms with Crippen LogP contribution in [0.3, 0.4) is 0 Å². The van der Waals surface area contributed by atoms with Crippen molar-refractivity contribution in [2.45, 2.75) is 52.4 Å². The molecule has 2 N–H and O–H groups in total. The zero-order valence-electron chi connectivity index (χ0n) is 13.8.